The predicted molar refractivity (Wildman–Crippen MR) is 124 cm³/mol. The fourth-order valence-electron chi connectivity index (χ4n) is 3.75. The Balaban J connectivity index is 3.05. The third kappa shape index (κ3) is 23.2. The molecule has 0 aromatic rings. The molecule has 0 fully saturated rings. The van der Waals surface area contributed by atoms with Gasteiger partial charge < -0.3 is 4.74 Å². The van der Waals surface area contributed by atoms with Crippen LogP contribution in [0.5, 0.6) is 0 Å². The first kappa shape index (κ1) is 27.2. The number of carbonyl (C=O) groups is 1. The highest BCUT2D eigenvalue weighted by atomic mass is 16.5. The number of hydrogen-bond acceptors (Lipinski definition) is 2. The molecule has 0 spiro atoms. The minimum absolute atomic E-state index is 0.0812. The molecule has 28 heavy (non-hydrogen) atoms. The van der Waals surface area contributed by atoms with Gasteiger partial charge in [-0.05, 0) is 6.42 Å². The average Bonchev–Trinajstić information content (AvgIpc) is 2.70. The van der Waals surface area contributed by atoms with Crippen molar-refractivity contribution < 1.29 is 9.53 Å². The van der Waals surface area contributed by atoms with Crippen molar-refractivity contribution in [1.82, 2.24) is 0 Å². The highest BCUT2D eigenvalue weighted by molar-refractivity contribution is 5.69. The van der Waals surface area contributed by atoms with E-state index in [1.807, 2.05) is 0 Å². The van der Waals surface area contributed by atoms with E-state index in [4.69, 9.17) is 4.74 Å². The second kappa shape index (κ2) is 24.2. The number of unbranched alkanes of at least 4 members (excludes halogenated alkanes) is 19. The predicted octanol–water partition coefficient (Wildman–Crippen LogP) is 8.93. The van der Waals surface area contributed by atoms with Crippen molar-refractivity contribution in [1.29, 1.82) is 0 Å². The van der Waals surface area contributed by atoms with Crippen molar-refractivity contribution in [3.63, 3.8) is 0 Å². The molecular weight excluding hydrogens is 344 g/mol. The second-order valence-corrected chi connectivity index (χ2v) is 8.44. The molecule has 166 valence electrons. The molecule has 0 atom stereocenters. The van der Waals surface area contributed by atoms with Gasteiger partial charge in [-0.1, -0.05) is 142 Å². The van der Waals surface area contributed by atoms with E-state index in [1.54, 1.807) is 6.08 Å². The van der Waals surface area contributed by atoms with Crippen molar-refractivity contribution in [2.75, 3.05) is 6.61 Å². The van der Waals surface area contributed by atoms with Crippen LogP contribution < -0.4 is 0 Å². The normalized spacial score (nSPS) is 10.9. The quantitative estimate of drug-likeness (QED) is 0.0981. The van der Waals surface area contributed by atoms with E-state index in [0.717, 1.165) is 12.8 Å². The van der Waals surface area contributed by atoms with Gasteiger partial charge in [0.25, 0.3) is 0 Å². The lowest BCUT2D eigenvalue weighted by Gasteiger charge is -2.04. The molecule has 0 aliphatic heterocycles. The maximum atomic E-state index is 11.3. The van der Waals surface area contributed by atoms with Crippen molar-refractivity contribution in [2.45, 2.75) is 142 Å². The number of esters is 1. The summed E-state index contributed by atoms with van der Waals surface area (Å²) >= 11 is 0. The summed E-state index contributed by atoms with van der Waals surface area (Å²) in [6.45, 7) is 6.18. The summed E-state index contributed by atoms with van der Waals surface area (Å²) in [5, 5.41) is 0. The number of rotatable bonds is 23. The van der Waals surface area contributed by atoms with Crippen LogP contribution in [0.2, 0.25) is 0 Å². The SMILES string of the molecule is C=CCOC(=O)CCCCCCCCCCCCCCCCCCCCCC. The van der Waals surface area contributed by atoms with Gasteiger partial charge in [-0.2, -0.15) is 0 Å². The highest BCUT2D eigenvalue weighted by Gasteiger charge is 2.01. The minimum atomic E-state index is -0.0812. The first-order chi connectivity index (χ1) is 13.8. The van der Waals surface area contributed by atoms with Gasteiger partial charge in [-0.15, -0.1) is 0 Å². The topological polar surface area (TPSA) is 26.3 Å². The maximum Gasteiger partial charge on any atom is 0.306 e. The number of carbonyl (C=O) groups excluding carboxylic acids is 1. The van der Waals surface area contributed by atoms with Gasteiger partial charge in [0, 0.05) is 6.42 Å². The zero-order valence-corrected chi connectivity index (χ0v) is 19.2. The van der Waals surface area contributed by atoms with E-state index >= 15 is 0 Å². The zero-order chi connectivity index (χ0) is 20.5. The molecule has 0 aliphatic rings. The van der Waals surface area contributed by atoms with Crippen molar-refractivity contribution in [3.05, 3.63) is 12.7 Å². The van der Waals surface area contributed by atoms with Gasteiger partial charge in [0.05, 0.1) is 0 Å². The third-order valence-corrected chi connectivity index (χ3v) is 5.60. The van der Waals surface area contributed by atoms with E-state index in [2.05, 4.69) is 13.5 Å². The van der Waals surface area contributed by atoms with Crippen molar-refractivity contribution in [3.8, 4) is 0 Å². The average molecular weight is 395 g/mol. The van der Waals surface area contributed by atoms with Gasteiger partial charge in [0.1, 0.15) is 6.61 Å². The first-order valence-electron chi connectivity index (χ1n) is 12.6. The molecule has 2 heteroatoms. The smallest absolute Gasteiger partial charge is 0.306 e. The van der Waals surface area contributed by atoms with Gasteiger partial charge in [-0.25, -0.2) is 0 Å². The molecule has 0 aliphatic carbocycles. The standard InChI is InChI=1S/C26H50O2/c1-3-5-6-7-8-9-10-11-12-13-14-15-16-17-18-19-20-21-22-23-24-26(27)28-25-4-2/h4H,2-3,5-25H2,1H3. The Morgan fingerprint density at radius 1 is 0.607 bits per heavy atom. The lowest BCUT2D eigenvalue weighted by molar-refractivity contribution is -0.142. The van der Waals surface area contributed by atoms with Gasteiger partial charge >= 0.3 is 5.97 Å². The Kier molecular flexibility index (Phi) is 23.6. The summed E-state index contributed by atoms with van der Waals surface area (Å²) in [6, 6.07) is 0. The summed E-state index contributed by atoms with van der Waals surface area (Å²) in [5.74, 6) is -0.0812. The van der Waals surface area contributed by atoms with Crippen LogP contribution in [-0.2, 0) is 9.53 Å². The second-order valence-electron chi connectivity index (χ2n) is 8.44. The van der Waals surface area contributed by atoms with E-state index in [1.165, 1.54) is 116 Å². The molecule has 0 unspecified atom stereocenters. The number of hydrogen-bond donors (Lipinski definition) is 0. The van der Waals surface area contributed by atoms with Crippen LogP contribution in [0.15, 0.2) is 12.7 Å². The van der Waals surface area contributed by atoms with Crippen LogP contribution in [0.25, 0.3) is 0 Å². The molecule has 0 heterocycles. The molecule has 0 rings (SSSR count). The van der Waals surface area contributed by atoms with Gasteiger partial charge in [-0.3, -0.25) is 4.79 Å². The van der Waals surface area contributed by atoms with Crippen LogP contribution in [0, 0.1) is 0 Å². The fraction of sp³-hybridized carbons (Fsp3) is 0.885. The maximum absolute atomic E-state index is 11.3. The van der Waals surface area contributed by atoms with E-state index in [-0.39, 0.29) is 5.97 Å². The summed E-state index contributed by atoms with van der Waals surface area (Å²) in [6.07, 6.45) is 29.8. The molecule has 0 saturated heterocycles. The molecule has 2 nitrogen and oxygen atoms in total. The third-order valence-electron chi connectivity index (χ3n) is 5.60. The van der Waals surface area contributed by atoms with Crippen molar-refractivity contribution in [2.24, 2.45) is 0 Å². The molecule has 0 aromatic carbocycles. The number of ether oxygens (including phenoxy) is 1. The Morgan fingerprint density at radius 2 is 0.929 bits per heavy atom. The zero-order valence-electron chi connectivity index (χ0n) is 19.2. The van der Waals surface area contributed by atoms with Gasteiger partial charge in [0.15, 0.2) is 0 Å². The van der Waals surface area contributed by atoms with E-state index in [9.17, 15) is 4.79 Å². The Hall–Kier alpha value is -0.790. The molecule has 0 radical (unpaired) electrons. The van der Waals surface area contributed by atoms with Crippen LogP contribution >= 0.6 is 0 Å². The fourth-order valence-corrected chi connectivity index (χ4v) is 3.75. The van der Waals surface area contributed by atoms with Crippen LogP contribution in [-0.4, -0.2) is 12.6 Å². The molecule has 0 N–H and O–H groups in total. The summed E-state index contributed by atoms with van der Waals surface area (Å²) in [7, 11) is 0. The lowest BCUT2D eigenvalue weighted by atomic mass is 10.0. The van der Waals surface area contributed by atoms with E-state index in [0.29, 0.717) is 13.0 Å². The Bertz CT molecular complexity index is 324. The summed E-state index contributed by atoms with van der Waals surface area (Å²) < 4.78 is 4.97. The molecule has 0 bridgehead atoms. The lowest BCUT2D eigenvalue weighted by Crippen LogP contribution is -2.03. The van der Waals surface area contributed by atoms with E-state index < -0.39 is 0 Å². The molecular formula is C26H50O2. The Morgan fingerprint density at radius 3 is 1.25 bits per heavy atom. The first-order valence-corrected chi connectivity index (χ1v) is 12.6. The molecule has 0 saturated carbocycles. The van der Waals surface area contributed by atoms with Gasteiger partial charge in [0.2, 0.25) is 0 Å². The van der Waals surface area contributed by atoms with Crippen LogP contribution in [0.1, 0.15) is 142 Å². The summed E-state index contributed by atoms with van der Waals surface area (Å²) in [5.41, 5.74) is 0. The molecule has 0 amide bonds. The summed E-state index contributed by atoms with van der Waals surface area (Å²) in [4.78, 5) is 11.3. The monoisotopic (exact) mass is 394 g/mol. The highest BCUT2D eigenvalue weighted by Crippen LogP contribution is 2.15. The Labute approximate surface area is 176 Å². The minimum Gasteiger partial charge on any atom is -0.461 e. The largest absolute Gasteiger partial charge is 0.461 e. The molecule has 0 aromatic heterocycles. The van der Waals surface area contributed by atoms with Crippen LogP contribution in [0.4, 0.5) is 0 Å². The van der Waals surface area contributed by atoms with Crippen molar-refractivity contribution >= 4 is 5.97 Å². The van der Waals surface area contributed by atoms with Crippen LogP contribution in [0.3, 0.4) is 0 Å².